The summed E-state index contributed by atoms with van der Waals surface area (Å²) in [6.45, 7) is 1.29. The zero-order chi connectivity index (χ0) is 13.2. The third-order valence-electron chi connectivity index (χ3n) is 3.30. The minimum atomic E-state index is -0.303. The first-order valence-electron chi connectivity index (χ1n) is 6.24. The van der Waals surface area contributed by atoms with Gasteiger partial charge in [-0.3, -0.25) is 9.89 Å². The number of aromatic nitrogens is 2. The first kappa shape index (κ1) is 12.1. The molecule has 2 aromatic rings. The topological polar surface area (TPSA) is 78.5 Å². The first-order chi connectivity index (χ1) is 9.29. The molecule has 1 aromatic heterocycles. The maximum Gasteiger partial charge on any atom is 0.275 e. The number of H-pyrrole nitrogens is 1. The number of nitrogens with zero attached hydrogens (tertiary/aromatic N) is 2. The molecule has 6 nitrogen and oxygen atoms in total. The fourth-order valence-electron chi connectivity index (χ4n) is 2.29. The third kappa shape index (κ3) is 2.20. The molecular formula is C13H15N3O3. The zero-order valence-electron chi connectivity index (χ0n) is 10.4. The highest BCUT2D eigenvalue weighted by molar-refractivity contribution is 6.04. The smallest absolute Gasteiger partial charge is 0.275 e. The summed E-state index contributed by atoms with van der Waals surface area (Å²) in [6.07, 6.45) is -0.303. The van der Waals surface area contributed by atoms with Gasteiger partial charge >= 0.3 is 0 Å². The number of carbonyl (C=O) groups excluding carboxylic acids is 1. The summed E-state index contributed by atoms with van der Waals surface area (Å²) in [5, 5.41) is 16.9. The Morgan fingerprint density at radius 3 is 3.21 bits per heavy atom. The number of amides is 1. The van der Waals surface area contributed by atoms with E-state index in [1.807, 2.05) is 24.3 Å². The molecular weight excluding hydrogens is 246 g/mol. The number of para-hydroxylation sites is 1. The molecule has 0 spiro atoms. The molecule has 1 unspecified atom stereocenters. The van der Waals surface area contributed by atoms with Crippen molar-refractivity contribution in [1.82, 2.24) is 15.1 Å². The second-order valence-corrected chi connectivity index (χ2v) is 4.54. The van der Waals surface area contributed by atoms with Crippen molar-refractivity contribution >= 4 is 16.8 Å². The lowest BCUT2D eigenvalue weighted by molar-refractivity contribution is -0.0448. The van der Waals surface area contributed by atoms with Gasteiger partial charge in [-0.05, 0) is 6.07 Å². The van der Waals surface area contributed by atoms with Crippen molar-refractivity contribution in [1.29, 1.82) is 0 Å². The van der Waals surface area contributed by atoms with Gasteiger partial charge in [0.05, 0.1) is 24.8 Å². The number of hydrogen-bond acceptors (Lipinski definition) is 4. The Kier molecular flexibility index (Phi) is 3.18. The van der Waals surface area contributed by atoms with Crippen LogP contribution in [0.5, 0.6) is 0 Å². The van der Waals surface area contributed by atoms with Crippen LogP contribution in [0, 0.1) is 0 Å². The van der Waals surface area contributed by atoms with E-state index in [1.54, 1.807) is 4.90 Å². The fourth-order valence-corrected chi connectivity index (χ4v) is 2.29. The molecule has 0 bridgehead atoms. The van der Waals surface area contributed by atoms with Gasteiger partial charge in [-0.15, -0.1) is 0 Å². The summed E-state index contributed by atoms with van der Waals surface area (Å²) in [5.74, 6) is -0.126. The molecule has 1 aromatic carbocycles. The van der Waals surface area contributed by atoms with Gasteiger partial charge in [0, 0.05) is 18.5 Å². The van der Waals surface area contributed by atoms with Crippen LogP contribution in [0.15, 0.2) is 24.3 Å². The number of hydrogen-bond donors (Lipinski definition) is 2. The van der Waals surface area contributed by atoms with Gasteiger partial charge in [-0.2, -0.15) is 5.10 Å². The average molecular weight is 261 g/mol. The van der Waals surface area contributed by atoms with Crippen molar-refractivity contribution in [3.63, 3.8) is 0 Å². The molecule has 2 N–H and O–H groups in total. The normalized spacial score (nSPS) is 19.8. The molecule has 100 valence electrons. The van der Waals surface area contributed by atoms with Gasteiger partial charge in [0.1, 0.15) is 0 Å². The van der Waals surface area contributed by atoms with Crippen molar-refractivity contribution in [2.75, 3.05) is 26.3 Å². The molecule has 1 aliphatic rings. The average Bonchev–Trinajstić information content (AvgIpc) is 2.90. The van der Waals surface area contributed by atoms with E-state index in [9.17, 15) is 4.79 Å². The lowest BCUT2D eigenvalue weighted by Crippen LogP contribution is -2.47. The monoisotopic (exact) mass is 261 g/mol. The molecule has 2 heterocycles. The van der Waals surface area contributed by atoms with Crippen LogP contribution < -0.4 is 0 Å². The maximum atomic E-state index is 12.4. The molecule has 0 aliphatic carbocycles. The second kappa shape index (κ2) is 4.99. The number of aliphatic hydroxyl groups excluding tert-OH is 1. The first-order valence-corrected chi connectivity index (χ1v) is 6.24. The molecule has 3 rings (SSSR count). The Morgan fingerprint density at radius 1 is 1.53 bits per heavy atom. The maximum absolute atomic E-state index is 12.4. The van der Waals surface area contributed by atoms with Crippen LogP contribution in [0.3, 0.4) is 0 Å². The number of nitrogens with one attached hydrogen (secondary N) is 1. The Hall–Kier alpha value is -1.92. The number of ether oxygens (including phenoxy) is 1. The summed E-state index contributed by atoms with van der Waals surface area (Å²) < 4.78 is 5.34. The van der Waals surface area contributed by atoms with Crippen LogP contribution in [0.2, 0.25) is 0 Å². The number of aliphatic hydroxyl groups is 1. The predicted molar refractivity (Wildman–Crippen MR) is 68.8 cm³/mol. The number of morpholine rings is 1. The molecule has 1 amide bonds. The van der Waals surface area contributed by atoms with E-state index in [0.717, 1.165) is 10.9 Å². The van der Waals surface area contributed by atoms with Crippen molar-refractivity contribution in [3.05, 3.63) is 30.0 Å². The SMILES string of the molecule is O=C(c1n[nH]c2ccccc12)N1CCOC(CO)C1. The van der Waals surface area contributed by atoms with E-state index >= 15 is 0 Å². The molecule has 6 heteroatoms. The predicted octanol–water partition coefficient (Wildman–Crippen LogP) is 0.396. The Balaban J connectivity index is 1.87. The van der Waals surface area contributed by atoms with Crippen molar-refractivity contribution in [2.24, 2.45) is 0 Å². The van der Waals surface area contributed by atoms with Crippen molar-refractivity contribution in [2.45, 2.75) is 6.10 Å². The summed E-state index contributed by atoms with van der Waals surface area (Å²) in [7, 11) is 0. The minimum Gasteiger partial charge on any atom is -0.394 e. The molecule has 0 saturated carbocycles. The highest BCUT2D eigenvalue weighted by atomic mass is 16.5. The van der Waals surface area contributed by atoms with E-state index in [1.165, 1.54) is 0 Å². The molecule has 0 radical (unpaired) electrons. The van der Waals surface area contributed by atoms with Gasteiger partial charge in [0.2, 0.25) is 0 Å². The third-order valence-corrected chi connectivity index (χ3v) is 3.30. The molecule has 1 fully saturated rings. The fraction of sp³-hybridized carbons (Fsp3) is 0.385. The Bertz CT molecular complexity index is 596. The molecule has 1 atom stereocenters. The van der Waals surface area contributed by atoms with Crippen LogP contribution in [0.25, 0.3) is 10.9 Å². The highest BCUT2D eigenvalue weighted by Crippen LogP contribution is 2.18. The van der Waals surface area contributed by atoms with Gasteiger partial charge in [0.25, 0.3) is 5.91 Å². The largest absolute Gasteiger partial charge is 0.394 e. The highest BCUT2D eigenvalue weighted by Gasteiger charge is 2.26. The Morgan fingerprint density at radius 2 is 2.37 bits per heavy atom. The van der Waals surface area contributed by atoms with E-state index in [2.05, 4.69) is 10.2 Å². The summed E-state index contributed by atoms with van der Waals surface area (Å²) in [6, 6.07) is 7.53. The number of aromatic amines is 1. The van der Waals surface area contributed by atoms with Crippen LogP contribution in [0.1, 0.15) is 10.5 Å². The summed E-state index contributed by atoms with van der Waals surface area (Å²) >= 11 is 0. The summed E-state index contributed by atoms with van der Waals surface area (Å²) in [5.41, 5.74) is 1.27. The number of benzene rings is 1. The summed E-state index contributed by atoms with van der Waals surface area (Å²) in [4.78, 5) is 14.1. The molecule has 1 saturated heterocycles. The van der Waals surface area contributed by atoms with E-state index in [-0.39, 0.29) is 18.6 Å². The standard InChI is InChI=1S/C13H15N3O3/c17-8-9-7-16(5-6-19-9)13(18)12-10-3-1-2-4-11(10)14-15-12/h1-4,9,17H,5-8H2,(H,14,15). The second-order valence-electron chi connectivity index (χ2n) is 4.54. The van der Waals surface area contributed by atoms with Crippen molar-refractivity contribution in [3.8, 4) is 0 Å². The zero-order valence-corrected chi connectivity index (χ0v) is 10.4. The molecule has 19 heavy (non-hydrogen) atoms. The minimum absolute atomic E-state index is 0.0783. The molecule has 1 aliphatic heterocycles. The van der Waals surface area contributed by atoms with E-state index in [4.69, 9.17) is 9.84 Å². The van der Waals surface area contributed by atoms with Gasteiger partial charge in [0.15, 0.2) is 5.69 Å². The van der Waals surface area contributed by atoms with Crippen LogP contribution >= 0.6 is 0 Å². The number of carbonyl (C=O) groups is 1. The van der Waals surface area contributed by atoms with Crippen LogP contribution in [-0.4, -0.2) is 58.5 Å². The van der Waals surface area contributed by atoms with Crippen LogP contribution in [0.4, 0.5) is 0 Å². The van der Waals surface area contributed by atoms with Gasteiger partial charge < -0.3 is 14.7 Å². The van der Waals surface area contributed by atoms with Crippen molar-refractivity contribution < 1.29 is 14.6 Å². The number of rotatable bonds is 2. The lowest BCUT2D eigenvalue weighted by atomic mass is 10.2. The Labute approximate surface area is 110 Å². The van der Waals surface area contributed by atoms with Crippen LogP contribution in [-0.2, 0) is 4.74 Å². The quantitative estimate of drug-likeness (QED) is 0.820. The van der Waals surface area contributed by atoms with E-state index in [0.29, 0.717) is 25.4 Å². The van der Waals surface area contributed by atoms with Gasteiger partial charge in [-0.1, -0.05) is 18.2 Å². The number of fused-ring (bicyclic) bond motifs is 1. The van der Waals surface area contributed by atoms with Gasteiger partial charge in [-0.25, -0.2) is 0 Å². The van der Waals surface area contributed by atoms with E-state index < -0.39 is 0 Å². The lowest BCUT2D eigenvalue weighted by Gasteiger charge is -2.31.